The molecule has 0 saturated heterocycles. The van der Waals surface area contributed by atoms with Crippen LogP contribution in [-0.4, -0.2) is 40.1 Å². The summed E-state index contributed by atoms with van der Waals surface area (Å²) < 4.78 is 0. The van der Waals surface area contributed by atoms with Crippen molar-refractivity contribution in [3.8, 4) is 0 Å². The molecular formula is C14H25IN6. The monoisotopic (exact) mass is 404 g/mol. The van der Waals surface area contributed by atoms with Crippen LogP contribution in [0.1, 0.15) is 11.1 Å². The molecule has 0 heterocycles. The van der Waals surface area contributed by atoms with Crippen LogP contribution >= 0.6 is 24.0 Å². The van der Waals surface area contributed by atoms with Gasteiger partial charge in [0.25, 0.3) is 0 Å². The normalized spacial score (nSPS) is 11.4. The summed E-state index contributed by atoms with van der Waals surface area (Å²) in [4.78, 5) is 8.17. The SMILES string of the molecule is CN=C(NC)NCc1cccc(CNC(=NC)NC)c1.I. The minimum absolute atomic E-state index is 0. The third kappa shape index (κ3) is 7.16. The molecular weight excluding hydrogens is 379 g/mol. The van der Waals surface area contributed by atoms with Crippen LogP contribution in [0, 0.1) is 0 Å². The first-order valence-electron chi connectivity index (χ1n) is 6.58. The Balaban J connectivity index is 0.00000400. The van der Waals surface area contributed by atoms with Gasteiger partial charge in [-0.05, 0) is 11.1 Å². The van der Waals surface area contributed by atoms with Crippen LogP contribution in [0.2, 0.25) is 0 Å². The molecule has 0 aliphatic heterocycles. The lowest BCUT2D eigenvalue weighted by molar-refractivity contribution is 0.845. The number of nitrogens with zero attached hydrogens (tertiary/aromatic N) is 2. The average Bonchev–Trinajstić information content (AvgIpc) is 2.50. The van der Waals surface area contributed by atoms with Gasteiger partial charge in [-0.2, -0.15) is 0 Å². The Morgan fingerprint density at radius 3 is 1.67 bits per heavy atom. The Morgan fingerprint density at radius 1 is 0.905 bits per heavy atom. The number of benzene rings is 1. The summed E-state index contributed by atoms with van der Waals surface area (Å²) in [7, 11) is 7.20. The molecule has 0 unspecified atom stereocenters. The highest BCUT2D eigenvalue weighted by molar-refractivity contribution is 14.0. The number of nitrogens with one attached hydrogen (secondary N) is 4. The third-order valence-electron chi connectivity index (χ3n) is 2.83. The largest absolute Gasteiger partial charge is 0.359 e. The molecule has 0 aliphatic carbocycles. The van der Waals surface area contributed by atoms with Crippen molar-refractivity contribution < 1.29 is 0 Å². The molecule has 0 atom stereocenters. The molecule has 6 nitrogen and oxygen atoms in total. The Hall–Kier alpha value is -1.51. The lowest BCUT2D eigenvalue weighted by Gasteiger charge is -2.11. The molecule has 21 heavy (non-hydrogen) atoms. The molecule has 0 radical (unpaired) electrons. The molecule has 1 rings (SSSR count). The average molecular weight is 404 g/mol. The van der Waals surface area contributed by atoms with Crippen molar-refractivity contribution in [1.82, 2.24) is 21.3 Å². The van der Waals surface area contributed by atoms with Crippen molar-refractivity contribution in [2.24, 2.45) is 9.98 Å². The van der Waals surface area contributed by atoms with Crippen molar-refractivity contribution in [3.63, 3.8) is 0 Å². The predicted molar refractivity (Wildman–Crippen MR) is 100 cm³/mol. The van der Waals surface area contributed by atoms with Crippen molar-refractivity contribution in [1.29, 1.82) is 0 Å². The number of aliphatic imine (C=N–C) groups is 2. The topological polar surface area (TPSA) is 72.8 Å². The summed E-state index contributed by atoms with van der Waals surface area (Å²) in [6, 6.07) is 8.39. The van der Waals surface area contributed by atoms with Crippen molar-refractivity contribution >= 4 is 35.9 Å². The molecule has 1 aromatic carbocycles. The fraction of sp³-hybridized carbons (Fsp3) is 0.429. The van der Waals surface area contributed by atoms with E-state index < -0.39 is 0 Å². The summed E-state index contributed by atoms with van der Waals surface area (Å²) in [5.74, 6) is 1.56. The minimum atomic E-state index is 0. The zero-order chi connectivity index (χ0) is 14.8. The zero-order valence-corrected chi connectivity index (χ0v) is 15.4. The van der Waals surface area contributed by atoms with E-state index in [0.717, 1.165) is 25.0 Å². The third-order valence-corrected chi connectivity index (χ3v) is 2.83. The Bertz CT molecular complexity index is 433. The van der Waals surface area contributed by atoms with Gasteiger partial charge >= 0.3 is 0 Å². The van der Waals surface area contributed by atoms with E-state index in [1.165, 1.54) is 11.1 Å². The van der Waals surface area contributed by atoms with Gasteiger partial charge in [-0.15, -0.1) is 24.0 Å². The van der Waals surface area contributed by atoms with Gasteiger partial charge in [0.1, 0.15) is 0 Å². The number of hydrogen-bond acceptors (Lipinski definition) is 2. The maximum absolute atomic E-state index is 4.08. The van der Waals surface area contributed by atoms with E-state index in [-0.39, 0.29) is 24.0 Å². The Labute approximate surface area is 143 Å². The second-order valence-electron chi connectivity index (χ2n) is 4.17. The molecule has 1 aromatic rings. The van der Waals surface area contributed by atoms with Crippen molar-refractivity contribution in [3.05, 3.63) is 35.4 Å². The zero-order valence-electron chi connectivity index (χ0n) is 13.0. The van der Waals surface area contributed by atoms with Crippen LogP contribution in [0.25, 0.3) is 0 Å². The molecule has 0 aromatic heterocycles. The maximum Gasteiger partial charge on any atom is 0.190 e. The highest BCUT2D eigenvalue weighted by Gasteiger charge is 1.99. The van der Waals surface area contributed by atoms with Gasteiger partial charge in [0.2, 0.25) is 0 Å². The van der Waals surface area contributed by atoms with Crippen LogP contribution < -0.4 is 21.3 Å². The van der Waals surface area contributed by atoms with E-state index in [9.17, 15) is 0 Å². The first-order valence-corrected chi connectivity index (χ1v) is 6.58. The molecule has 0 aliphatic rings. The van der Waals surface area contributed by atoms with Gasteiger partial charge in [-0.1, -0.05) is 24.3 Å². The quantitative estimate of drug-likeness (QED) is 0.342. The van der Waals surface area contributed by atoms with Crippen molar-refractivity contribution in [2.75, 3.05) is 28.2 Å². The van der Waals surface area contributed by atoms with Gasteiger partial charge < -0.3 is 21.3 Å². The molecule has 0 bridgehead atoms. The first kappa shape index (κ1) is 19.5. The highest BCUT2D eigenvalue weighted by Crippen LogP contribution is 2.05. The fourth-order valence-corrected chi connectivity index (χ4v) is 1.78. The van der Waals surface area contributed by atoms with Gasteiger partial charge in [0, 0.05) is 41.3 Å². The maximum atomic E-state index is 4.08. The highest BCUT2D eigenvalue weighted by atomic mass is 127. The minimum Gasteiger partial charge on any atom is -0.359 e. The fourth-order valence-electron chi connectivity index (χ4n) is 1.78. The van der Waals surface area contributed by atoms with Crippen LogP contribution in [0.5, 0.6) is 0 Å². The molecule has 4 N–H and O–H groups in total. The van der Waals surface area contributed by atoms with E-state index in [0.29, 0.717) is 0 Å². The second kappa shape index (κ2) is 11.2. The molecule has 118 valence electrons. The molecule has 0 spiro atoms. The lowest BCUT2D eigenvalue weighted by Crippen LogP contribution is -2.34. The summed E-state index contributed by atoms with van der Waals surface area (Å²) >= 11 is 0. The number of halogens is 1. The van der Waals surface area contributed by atoms with Gasteiger partial charge in [-0.3, -0.25) is 9.98 Å². The van der Waals surface area contributed by atoms with Crippen LogP contribution in [0.3, 0.4) is 0 Å². The first-order chi connectivity index (χ1) is 9.73. The standard InChI is InChI=1S/C14H24N6.HI/c1-15-13(16-2)19-9-11-6-5-7-12(8-11)10-20-14(17-3)18-4;/h5-8H,9-10H2,1-4H3,(H2,15,16,19)(H2,17,18,20);1H. The summed E-state index contributed by atoms with van der Waals surface area (Å²) in [6.07, 6.45) is 0. The second-order valence-corrected chi connectivity index (χ2v) is 4.17. The predicted octanol–water partition coefficient (Wildman–Crippen LogP) is 0.894. The van der Waals surface area contributed by atoms with Crippen LogP contribution in [0.15, 0.2) is 34.3 Å². The molecule has 7 heteroatoms. The van der Waals surface area contributed by atoms with E-state index in [1.54, 1.807) is 14.1 Å². The number of hydrogen-bond donors (Lipinski definition) is 4. The Morgan fingerprint density at radius 2 is 1.33 bits per heavy atom. The Kier molecular flexibility index (Phi) is 10.4. The summed E-state index contributed by atoms with van der Waals surface area (Å²) in [6.45, 7) is 1.48. The van der Waals surface area contributed by atoms with Gasteiger partial charge in [0.05, 0.1) is 0 Å². The van der Waals surface area contributed by atoms with E-state index in [1.807, 2.05) is 14.1 Å². The van der Waals surface area contributed by atoms with Crippen LogP contribution in [0.4, 0.5) is 0 Å². The summed E-state index contributed by atoms with van der Waals surface area (Å²) in [5, 5.41) is 12.5. The molecule has 0 saturated carbocycles. The lowest BCUT2D eigenvalue weighted by atomic mass is 10.1. The smallest absolute Gasteiger partial charge is 0.190 e. The van der Waals surface area contributed by atoms with Crippen LogP contribution in [-0.2, 0) is 13.1 Å². The number of rotatable bonds is 4. The molecule has 0 amide bonds. The van der Waals surface area contributed by atoms with E-state index >= 15 is 0 Å². The van der Waals surface area contributed by atoms with E-state index in [4.69, 9.17) is 0 Å². The molecule has 0 fully saturated rings. The summed E-state index contributed by atoms with van der Waals surface area (Å²) in [5.41, 5.74) is 2.42. The number of guanidine groups is 2. The van der Waals surface area contributed by atoms with E-state index in [2.05, 4.69) is 55.5 Å². The van der Waals surface area contributed by atoms with Crippen molar-refractivity contribution in [2.45, 2.75) is 13.1 Å². The van der Waals surface area contributed by atoms with Gasteiger partial charge in [0.15, 0.2) is 11.9 Å². The van der Waals surface area contributed by atoms with Gasteiger partial charge in [-0.25, -0.2) is 0 Å².